The first kappa shape index (κ1) is 15.3. The third-order valence-corrected chi connectivity index (χ3v) is 6.18. The van der Waals surface area contributed by atoms with Crippen molar-refractivity contribution >= 4 is 21.6 Å². The van der Waals surface area contributed by atoms with Crippen molar-refractivity contribution in [2.24, 2.45) is 0 Å². The van der Waals surface area contributed by atoms with E-state index in [1.165, 1.54) is 36.1 Å². The SMILES string of the molecule is CCCCNCc1nc2sc3c(c2c(=O)n1C1CC1)CCCC3. The van der Waals surface area contributed by atoms with E-state index in [2.05, 4.69) is 12.2 Å². The number of aromatic nitrogens is 2. The first-order valence-electron chi connectivity index (χ1n) is 9.06. The van der Waals surface area contributed by atoms with Crippen molar-refractivity contribution in [2.45, 2.75) is 70.9 Å². The Morgan fingerprint density at radius 2 is 2.13 bits per heavy atom. The van der Waals surface area contributed by atoms with E-state index < -0.39 is 0 Å². The third-order valence-electron chi connectivity index (χ3n) is 5.00. The van der Waals surface area contributed by atoms with Crippen molar-refractivity contribution in [3.05, 3.63) is 26.6 Å². The number of hydrogen-bond donors (Lipinski definition) is 1. The second-order valence-corrected chi connectivity index (χ2v) is 7.94. The van der Waals surface area contributed by atoms with Crippen molar-refractivity contribution in [3.63, 3.8) is 0 Å². The molecule has 2 aromatic rings. The van der Waals surface area contributed by atoms with Gasteiger partial charge < -0.3 is 5.32 Å². The summed E-state index contributed by atoms with van der Waals surface area (Å²) in [4.78, 5) is 20.5. The third kappa shape index (κ3) is 2.85. The van der Waals surface area contributed by atoms with Crippen LogP contribution in [0.5, 0.6) is 0 Å². The van der Waals surface area contributed by atoms with E-state index in [-0.39, 0.29) is 5.56 Å². The van der Waals surface area contributed by atoms with Gasteiger partial charge in [0.25, 0.3) is 5.56 Å². The van der Waals surface area contributed by atoms with E-state index in [0.717, 1.165) is 48.3 Å². The molecule has 4 nitrogen and oxygen atoms in total. The topological polar surface area (TPSA) is 46.9 Å². The number of unbranched alkanes of at least 4 members (excludes halogenated alkanes) is 1. The Hall–Kier alpha value is -1.20. The molecule has 124 valence electrons. The number of aryl methyl sites for hydroxylation is 2. The number of hydrogen-bond acceptors (Lipinski definition) is 4. The van der Waals surface area contributed by atoms with Crippen LogP contribution in [0.4, 0.5) is 0 Å². The van der Waals surface area contributed by atoms with Crippen LogP contribution in [0.3, 0.4) is 0 Å². The lowest BCUT2D eigenvalue weighted by molar-refractivity contribution is 0.570. The zero-order valence-electron chi connectivity index (χ0n) is 13.9. The van der Waals surface area contributed by atoms with Gasteiger partial charge in [-0.1, -0.05) is 13.3 Å². The number of thiophene rings is 1. The highest BCUT2D eigenvalue weighted by Gasteiger charge is 2.30. The van der Waals surface area contributed by atoms with Crippen LogP contribution in [0.1, 0.15) is 67.8 Å². The zero-order valence-corrected chi connectivity index (χ0v) is 14.7. The highest BCUT2D eigenvalue weighted by atomic mass is 32.1. The van der Waals surface area contributed by atoms with Crippen LogP contribution in [0.25, 0.3) is 10.2 Å². The fourth-order valence-electron chi connectivity index (χ4n) is 3.60. The molecule has 0 aromatic carbocycles. The van der Waals surface area contributed by atoms with Gasteiger partial charge in [-0.2, -0.15) is 0 Å². The van der Waals surface area contributed by atoms with Crippen molar-refractivity contribution in [2.75, 3.05) is 6.54 Å². The minimum Gasteiger partial charge on any atom is -0.310 e. The van der Waals surface area contributed by atoms with Crippen molar-refractivity contribution < 1.29 is 0 Å². The fourth-order valence-corrected chi connectivity index (χ4v) is 4.87. The van der Waals surface area contributed by atoms with Crippen molar-refractivity contribution in [1.82, 2.24) is 14.9 Å². The van der Waals surface area contributed by atoms with Crippen molar-refractivity contribution in [1.29, 1.82) is 0 Å². The summed E-state index contributed by atoms with van der Waals surface area (Å²) in [6.07, 6.45) is 9.26. The maximum absolute atomic E-state index is 13.2. The molecule has 1 saturated carbocycles. The van der Waals surface area contributed by atoms with Gasteiger partial charge >= 0.3 is 0 Å². The second-order valence-electron chi connectivity index (χ2n) is 6.86. The summed E-state index contributed by atoms with van der Waals surface area (Å²) in [5.74, 6) is 0.944. The lowest BCUT2D eigenvalue weighted by Crippen LogP contribution is -2.28. The Morgan fingerprint density at radius 1 is 1.30 bits per heavy atom. The molecule has 2 aliphatic carbocycles. The van der Waals surface area contributed by atoms with Crippen LogP contribution in [0.15, 0.2) is 4.79 Å². The van der Waals surface area contributed by atoms with Gasteiger partial charge in [-0.25, -0.2) is 4.98 Å². The molecule has 23 heavy (non-hydrogen) atoms. The van der Waals surface area contributed by atoms with E-state index in [0.29, 0.717) is 12.6 Å². The molecule has 0 bridgehead atoms. The monoisotopic (exact) mass is 331 g/mol. The molecule has 0 radical (unpaired) electrons. The average molecular weight is 331 g/mol. The van der Waals surface area contributed by atoms with Gasteiger partial charge in [0.2, 0.25) is 0 Å². The molecule has 2 aliphatic rings. The molecule has 1 N–H and O–H groups in total. The summed E-state index contributed by atoms with van der Waals surface area (Å²) in [5.41, 5.74) is 1.54. The molecule has 0 amide bonds. The van der Waals surface area contributed by atoms with Crippen LogP contribution in [-0.4, -0.2) is 16.1 Å². The fraction of sp³-hybridized carbons (Fsp3) is 0.667. The first-order chi connectivity index (χ1) is 11.3. The molecule has 4 rings (SSSR count). The molecule has 2 aromatic heterocycles. The quantitative estimate of drug-likeness (QED) is 0.823. The molecular weight excluding hydrogens is 306 g/mol. The standard InChI is InChI=1S/C18H25N3OS/c1-2-3-10-19-11-15-20-17-16(18(22)21(15)12-8-9-12)13-6-4-5-7-14(13)23-17/h12,19H,2-11H2,1H3. The van der Waals surface area contributed by atoms with E-state index >= 15 is 0 Å². The summed E-state index contributed by atoms with van der Waals surface area (Å²) < 4.78 is 2.00. The van der Waals surface area contributed by atoms with Gasteiger partial charge in [-0.15, -0.1) is 11.3 Å². The number of fused-ring (bicyclic) bond motifs is 3. The molecule has 0 atom stereocenters. The molecule has 5 heteroatoms. The first-order valence-corrected chi connectivity index (χ1v) is 9.87. The van der Waals surface area contributed by atoms with Crippen LogP contribution >= 0.6 is 11.3 Å². The summed E-state index contributed by atoms with van der Waals surface area (Å²) in [5, 5.41) is 4.40. The number of nitrogens with one attached hydrogen (secondary N) is 1. The summed E-state index contributed by atoms with van der Waals surface area (Å²) >= 11 is 1.76. The zero-order chi connectivity index (χ0) is 15.8. The second kappa shape index (κ2) is 6.36. The van der Waals surface area contributed by atoms with Crippen LogP contribution in [0.2, 0.25) is 0 Å². The largest absolute Gasteiger partial charge is 0.310 e. The van der Waals surface area contributed by atoms with Crippen LogP contribution in [0, 0.1) is 0 Å². The Morgan fingerprint density at radius 3 is 2.91 bits per heavy atom. The Bertz CT molecular complexity index is 773. The molecular formula is C18H25N3OS. The normalized spacial score (nSPS) is 17.6. The summed E-state index contributed by atoms with van der Waals surface area (Å²) in [6, 6.07) is 0.390. The summed E-state index contributed by atoms with van der Waals surface area (Å²) in [7, 11) is 0. The molecule has 0 unspecified atom stereocenters. The van der Waals surface area contributed by atoms with E-state index in [9.17, 15) is 4.79 Å². The highest BCUT2D eigenvalue weighted by Crippen LogP contribution is 2.37. The van der Waals surface area contributed by atoms with E-state index in [1.807, 2.05) is 4.57 Å². The van der Waals surface area contributed by atoms with Crippen molar-refractivity contribution in [3.8, 4) is 0 Å². The van der Waals surface area contributed by atoms with Crippen LogP contribution in [-0.2, 0) is 19.4 Å². The predicted molar refractivity (Wildman–Crippen MR) is 95.4 cm³/mol. The van der Waals surface area contributed by atoms with Gasteiger partial charge in [-0.3, -0.25) is 9.36 Å². The lowest BCUT2D eigenvalue weighted by Gasteiger charge is -2.13. The van der Waals surface area contributed by atoms with Gasteiger partial charge in [0.15, 0.2) is 0 Å². The maximum Gasteiger partial charge on any atom is 0.262 e. The number of nitrogens with zero attached hydrogens (tertiary/aromatic N) is 2. The Kier molecular flexibility index (Phi) is 4.24. The Labute approximate surface area is 140 Å². The smallest absolute Gasteiger partial charge is 0.262 e. The predicted octanol–water partition coefficient (Wildman–Crippen LogP) is 3.56. The molecule has 1 fully saturated rings. The van der Waals surface area contributed by atoms with Gasteiger partial charge in [0, 0.05) is 10.9 Å². The molecule has 0 aliphatic heterocycles. The van der Waals surface area contributed by atoms with Gasteiger partial charge in [0.1, 0.15) is 10.7 Å². The van der Waals surface area contributed by atoms with Gasteiger partial charge in [-0.05, 0) is 57.1 Å². The lowest BCUT2D eigenvalue weighted by atomic mass is 9.97. The highest BCUT2D eigenvalue weighted by molar-refractivity contribution is 7.18. The van der Waals surface area contributed by atoms with Gasteiger partial charge in [0.05, 0.1) is 11.9 Å². The molecule has 2 heterocycles. The van der Waals surface area contributed by atoms with Crippen LogP contribution < -0.4 is 10.9 Å². The van der Waals surface area contributed by atoms with E-state index in [1.54, 1.807) is 11.3 Å². The number of rotatable bonds is 6. The van der Waals surface area contributed by atoms with E-state index in [4.69, 9.17) is 4.98 Å². The summed E-state index contributed by atoms with van der Waals surface area (Å²) in [6.45, 7) is 3.91. The average Bonchev–Trinajstić information content (AvgIpc) is 3.31. The molecule has 0 saturated heterocycles. The Balaban J connectivity index is 1.76. The minimum absolute atomic E-state index is 0.226. The maximum atomic E-state index is 13.2. The molecule has 0 spiro atoms. The minimum atomic E-state index is 0.226.